The number of hydrogen-bond acceptors (Lipinski definition) is 0. The fraction of sp³-hybridized carbons (Fsp3) is 0.167. The van der Waals surface area contributed by atoms with Crippen molar-refractivity contribution < 1.29 is 51.0 Å². The van der Waals surface area contributed by atoms with Gasteiger partial charge in [-0.05, 0) is 35.6 Å². The number of aromatic nitrogens is 1. The molecule has 8 rings (SSSR count). The zero-order chi connectivity index (χ0) is 22.0. The summed E-state index contributed by atoms with van der Waals surface area (Å²) in [7, 11) is -1.12. The third-order valence-corrected chi connectivity index (χ3v) is 11.6. The maximum Gasteiger partial charge on any atom is 3.00 e. The van der Waals surface area contributed by atoms with Crippen molar-refractivity contribution in [3.8, 4) is 5.69 Å². The fourth-order valence-electron chi connectivity index (χ4n) is 6.21. The van der Waals surface area contributed by atoms with Crippen LogP contribution in [0.3, 0.4) is 0 Å². The molecule has 0 amide bonds. The largest absolute Gasteiger partial charge is 3.00 e. The Balaban J connectivity index is 0.000000185. The average Bonchev–Trinajstić information content (AvgIpc) is 3.49. The molecule has 5 heteroatoms. The first-order valence-corrected chi connectivity index (χ1v) is 14.6. The van der Waals surface area contributed by atoms with Gasteiger partial charge in [0.25, 0.3) is 0 Å². The summed E-state index contributed by atoms with van der Waals surface area (Å²) in [6.07, 6.45) is 4.69. The minimum absolute atomic E-state index is 0. The zero-order valence-electron chi connectivity index (χ0n) is 20.4. The molecule has 3 aliphatic rings. The second-order valence-electron chi connectivity index (χ2n) is 9.91. The van der Waals surface area contributed by atoms with Crippen LogP contribution in [-0.2, 0) is 26.2 Å². The topological polar surface area (TPSA) is 4.93 Å². The molecule has 1 radical (unpaired) electrons. The predicted octanol–water partition coefficient (Wildman–Crippen LogP) is 2.17. The van der Waals surface area contributed by atoms with Crippen LogP contribution in [0.2, 0.25) is 13.1 Å². The van der Waals surface area contributed by atoms with Crippen LogP contribution >= 0.6 is 0 Å². The molecule has 1 unspecified atom stereocenters. The monoisotopic (exact) mass is 590 g/mol. The molecule has 1 atom stereocenters. The van der Waals surface area contributed by atoms with Crippen LogP contribution in [-0.4, -0.2) is 12.6 Å². The van der Waals surface area contributed by atoms with Crippen molar-refractivity contribution in [3.63, 3.8) is 0 Å². The standard InChI is InChI=1S/C16H17NSi.C14H11.2ClH.Zr/c1-11-15-13-9-17(12-7-5-4-6-8-12)10-14(13)16(11)18(15,2)3;1-10-8-12-7-6-11-4-2-3-5-13(11)14(12)9-10;;;/h4-10,15H,1-3H3;2-9H,1H3;2*1H;/q;-1;;;+3/p-2. The van der Waals surface area contributed by atoms with E-state index in [1.54, 1.807) is 16.3 Å². The molecular weight excluding hydrogens is 565 g/mol. The summed E-state index contributed by atoms with van der Waals surface area (Å²) in [5.74, 6) is 0. The van der Waals surface area contributed by atoms with Crippen molar-refractivity contribution in [3.05, 3.63) is 114 Å². The maximum atomic E-state index is 2.51. The van der Waals surface area contributed by atoms with Crippen molar-refractivity contribution >= 4 is 34.8 Å². The number of fused-ring (bicyclic) bond motifs is 3. The van der Waals surface area contributed by atoms with Crippen LogP contribution in [0.4, 0.5) is 0 Å². The van der Waals surface area contributed by atoms with Gasteiger partial charge in [-0.1, -0.05) is 84.7 Å². The van der Waals surface area contributed by atoms with Crippen LogP contribution in [0.25, 0.3) is 32.4 Å². The molecule has 3 heterocycles. The molecule has 4 aromatic carbocycles. The van der Waals surface area contributed by atoms with Gasteiger partial charge in [-0.15, -0.1) is 28.5 Å². The quantitative estimate of drug-likeness (QED) is 0.208. The fourth-order valence-corrected chi connectivity index (χ4v) is 10.6. The van der Waals surface area contributed by atoms with E-state index < -0.39 is 8.07 Å². The Labute approximate surface area is 240 Å². The van der Waals surface area contributed by atoms with E-state index in [1.807, 2.05) is 0 Å². The number of rotatable bonds is 1. The van der Waals surface area contributed by atoms with Gasteiger partial charge in [-0.3, -0.25) is 0 Å². The molecule has 0 N–H and O–H groups in total. The zero-order valence-corrected chi connectivity index (χ0v) is 25.4. The normalized spacial score (nSPS) is 16.3. The van der Waals surface area contributed by atoms with Gasteiger partial charge >= 0.3 is 26.2 Å². The third kappa shape index (κ3) is 4.36. The number of halogens is 2. The molecular formula is C30H28Cl2NSiZr. The maximum absolute atomic E-state index is 2.51. The van der Waals surface area contributed by atoms with E-state index in [2.05, 4.69) is 123 Å². The molecule has 0 spiro atoms. The Morgan fingerprint density at radius 3 is 2.17 bits per heavy atom. The van der Waals surface area contributed by atoms with Crippen LogP contribution in [0, 0.1) is 6.92 Å². The number of benzene rings is 3. The summed E-state index contributed by atoms with van der Waals surface area (Å²) in [6, 6.07) is 28.0. The minimum atomic E-state index is -1.12. The van der Waals surface area contributed by atoms with Gasteiger partial charge in [0.1, 0.15) is 0 Å². The summed E-state index contributed by atoms with van der Waals surface area (Å²) >= 11 is 0. The number of hydrogen-bond donors (Lipinski definition) is 0. The first-order chi connectivity index (χ1) is 15.4. The van der Waals surface area contributed by atoms with Crippen molar-refractivity contribution in [1.82, 2.24) is 4.57 Å². The van der Waals surface area contributed by atoms with Crippen LogP contribution in [0.1, 0.15) is 29.2 Å². The SMILES string of the molecule is CC1=C2c3cn(-c4ccccc4)cc3C1[Si]2(C)C.Cc1cc2c(ccc3ccccc32)[cH-]1.[Cl-].[Cl-].[Zr+3]. The molecule has 1 aromatic heterocycles. The van der Waals surface area contributed by atoms with E-state index in [4.69, 9.17) is 0 Å². The van der Waals surface area contributed by atoms with E-state index in [0.717, 1.165) is 5.54 Å². The van der Waals surface area contributed by atoms with Crippen molar-refractivity contribution in [2.75, 3.05) is 0 Å². The average molecular weight is 593 g/mol. The molecule has 2 bridgehead atoms. The summed E-state index contributed by atoms with van der Waals surface area (Å²) in [5, 5.41) is 7.13. The Morgan fingerprint density at radius 2 is 1.49 bits per heavy atom. The van der Waals surface area contributed by atoms with Crippen LogP contribution in [0.5, 0.6) is 0 Å². The van der Waals surface area contributed by atoms with Gasteiger partial charge in [-0.25, -0.2) is 0 Å². The summed E-state index contributed by atoms with van der Waals surface area (Å²) < 4.78 is 2.29. The Kier molecular flexibility index (Phi) is 8.19. The summed E-state index contributed by atoms with van der Waals surface area (Å²) in [5.41, 5.74) is 8.17. The van der Waals surface area contributed by atoms with Gasteiger partial charge in [0.2, 0.25) is 0 Å². The van der Waals surface area contributed by atoms with Crippen molar-refractivity contribution in [1.29, 1.82) is 0 Å². The van der Waals surface area contributed by atoms with Gasteiger partial charge in [0, 0.05) is 23.6 Å². The van der Waals surface area contributed by atoms with Gasteiger partial charge in [-0.2, -0.15) is 6.07 Å². The van der Waals surface area contributed by atoms with Gasteiger partial charge < -0.3 is 29.4 Å². The van der Waals surface area contributed by atoms with Crippen LogP contribution in [0.15, 0.2) is 96.8 Å². The first-order valence-electron chi connectivity index (χ1n) is 11.5. The van der Waals surface area contributed by atoms with Crippen LogP contribution < -0.4 is 24.8 Å². The van der Waals surface area contributed by atoms with E-state index in [-0.39, 0.29) is 51.0 Å². The molecule has 1 nitrogen and oxygen atoms in total. The van der Waals surface area contributed by atoms with E-state index >= 15 is 0 Å². The molecule has 175 valence electrons. The third-order valence-electron chi connectivity index (χ3n) is 7.45. The summed E-state index contributed by atoms with van der Waals surface area (Å²) in [6.45, 7) is 9.49. The Bertz CT molecular complexity index is 1530. The smallest absolute Gasteiger partial charge is 1.00 e. The van der Waals surface area contributed by atoms with E-state index in [9.17, 15) is 0 Å². The minimum Gasteiger partial charge on any atom is -1.00 e. The van der Waals surface area contributed by atoms with E-state index in [0.29, 0.717) is 0 Å². The Morgan fingerprint density at radius 1 is 0.800 bits per heavy atom. The van der Waals surface area contributed by atoms with E-state index in [1.165, 1.54) is 38.4 Å². The van der Waals surface area contributed by atoms with Crippen molar-refractivity contribution in [2.45, 2.75) is 32.5 Å². The molecule has 0 saturated heterocycles. The number of allylic oxidation sites excluding steroid dienone is 1. The second-order valence-corrected chi connectivity index (χ2v) is 14.4. The predicted molar refractivity (Wildman–Crippen MR) is 140 cm³/mol. The molecule has 5 aromatic rings. The number of para-hydroxylation sites is 1. The Hall–Kier alpha value is -1.77. The number of nitrogens with zero attached hydrogens (tertiary/aromatic N) is 1. The van der Waals surface area contributed by atoms with Crippen molar-refractivity contribution in [2.24, 2.45) is 0 Å². The first kappa shape index (κ1) is 27.8. The number of aryl methyl sites for hydroxylation is 1. The van der Waals surface area contributed by atoms with Gasteiger partial charge in [0.05, 0.1) is 8.07 Å². The second kappa shape index (κ2) is 10.3. The van der Waals surface area contributed by atoms with Gasteiger partial charge in [0.15, 0.2) is 0 Å². The molecule has 2 aliphatic heterocycles. The molecule has 0 saturated carbocycles. The molecule has 35 heavy (non-hydrogen) atoms. The molecule has 1 aliphatic carbocycles. The molecule has 0 fully saturated rings. The summed E-state index contributed by atoms with van der Waals surface area (Å²) in [4.78, 5) is 0.